The summed E-state index contributed by atoms with van der Waals surface area (Å²) in [4.78, 5) is 27.4. The molecule has 0 bridgehead atoms. The Bertz CT molecular complexity index is 716. The average Bonchev–Trinajstić information content (AvgIpc) is 3.16. The number of benzene rings is 1. The Morgan fingerprint density at radius 3 is 2.72 bits per heavy atom. The van der Waals surface area contributed by atoms with Gasteiger partial charge in [0.2, 0.25) is 0 Å². The number of thioether (sulfide) groups is 1. The number of piperidine rings is 1. The highest BCUT2D eigenvalue weighted by molar-refractivity contribution is 7.98. The van der Waals surface area contributed by atoms with Gasteiger partial charge in [-0.2, -0.15) is 0 Å². The number of likely N-dealkylation sites (tertiary alicyclic amines) is 1. The molecule has 0 saturated carbocycles. The van der Waals surface area contributed by atoms with Gasteiger partial charge in [-0.3, -0.25) is 4.79 Å². The van der Waals surface area contributed by atoms with Crippen molar-refractivity contribution in [3.05, 3.63) is 48.4 Å². The molecule has 25 heavy (non-hydrogen) atoms. The van der Waals surface area contributed by atoms with Crippen molar-refractivity contribution in [2.45, 2.75) is 23.8 Å². The molecule has 1 unspecified atom stereocenters. The maximum atomic E-state index is 12.3. The molecule has 2 N–H and O–H groups in total. The maximum Gasteiger partial charge on any atom is 0.319 e. The molecule has 1 atom stereocenters. The summed E-state index contributed by atoms with van der Waals surface area (Å²) in [6.07, 6.45) is 5.19. The monoisotopic (exact) mass is 359 g/mol. The zero-order valence-electron chi connectivity index (χ0n) is 14.0. The van der Waals surface area contributed by atoms with E-state index in [0.29, 0.717) is 18.8 Å². The van der Waals surface area contributed by atoms with E-state index in [1.807, 2.05) is 30.5 Å². The van der Waals surface area contributed by atoms with E-state index in [0.717, 1.165) is 23.4 Å². The first kappa shape index (κ1) is 17.4. The lowest BCUT2D eigenvalue weighted by atomic mass is 10.1. The van der Waals surface area contributed by atoms with Crippen molar-refractivity contribution in [2.75, 3.05) is 24.7 Å². The summed E-state index contributed by atoms with van der Waals surface area (Å²) in [6.45, 7) is 1.16. The highest BCUT2D eigenvalue weighted by Gasteiger charge is 2.26. The lowest BCUT2D eigenvalue weighted by molar-refractivity contribution is 0.0666. The molecule has 1 saturated heterocycles. The summed E-state index contributed by atoms with van der Waals surface area (Å²) >= 11 is 1.65. The predicted octanol–water partition coefficient (Wildman–Crippen LogP) is 3.43. The number of carbonyl (C=O) groups is 2. The Hall–Kier alpha value is -2.41. The van der Waals surface area contributed by atoms with E-state index in [4.69, 9.17) is 4.42 Å². The van der Waals surface area contributed by atoms with E-state index in [-0.39, 0.29) is 18.0 Å². The fourth-order valence-electron chi connectivity index (χ4n) is 2.86. The number of urea groups is 1. The largest absolute Gasteiger partial charge is 0.459 e. The van der Waals surface area contributed by atoms with Crippen LogP contribution in [0.25, 0.3) is 0 Å². The Balaban J connectivity index is 1.53. The molecule has 1 aromatic carbocycles. The highest BCUT2D eigenvalue weighted by Crippen LogP contribution is 2.18. The van der Waals surface area contributed by atoms with Gasteiger partial charge in [-0.15, -0.1) is 11.8 Å². The van der Waals surface area contributed by atoms with Gasteiger partial charge >= 0.3 is 6.03 Å². The standard InChI is InChI=1S/C18H21N3O3S/c1-25-15-8-6-13(7-9-15)19-18(23)20-14-4-2-10-21(12-14)17(22)16-5-3-11-24-16/h3,5-9,11,14H,2,4,10,12H2,1H3,(H2,19,20,23). The average molecular weight is 359 g/mol. The van der Waals surface area contributed by atoms with Gasteiger partial charge in [-0.05, 0) is 55.5 Å². The van der Waals surface area contributed by atoms with Crippen LogP contribution in [0.2, 0.25) is 0 Å². The molecule has 2 heterocycles. The molecule has 1 aromatic heterocycles. The number of hydrogen-bond acceptors (Lipinski definition) is 4. The molecule has 0 spiro atoms. The van der Waals surface area contributed by atoms with E-state index in [9.17, 15) is 9.59 Å². The summed E-state index contributed by atoms with van der Waals surface area (Å²) in [6, 6.07) is 10.7. The predicted molar refractivity (Wildman–Crippen MR) is 98.0 cm³/mol. The lowest BCUT2D eigenvalue weighted by Gasteiger charge is -2.32. The molecule has 7 heteroatoms. The van der Waals surface area contributed by atoms with Gasteiger partial charge < -0.3 is 20.0 Å². The minimum atomic E-state index is -0.255. The molecule has 2 aromatic rings. The molecule has 0 radical (unpaired) electrons. The highest BCUT2D eigenvalue weighted by atomic mass is 32.2. The maximum absolute atomic E-state index is 12.3. The number of anilines is 1. The van der Waals surface area contributed by atoms with Gasteiger partial charge in [0.15, 0.2) is 5.76 Å². The van der Waals surface area contributed by atoms with Crippen LogP contribution in [0.1, 0.15) is 23.4 Å². The van der Waals surface area contributed by atoms with Crippen molar-refractivity contribution < 1.29 is 14.0 Å². The lowest BCUT2D eigenvalue weighted by Crippen LogP contribution is -2.50. The number of nitrogens with one attached hydrogen (secondary N) is 2. The molecular formula is C18H21N3O3S. The van der Waals surface area contributed by atoms with E-state index in [1.54, 1.807) is 28.8 Å². The summed E-state index contributed by atoms with van der Waals surface area (Å²) < 4.78 is 5.17. The van der Waals surface area contributed by atoms with Gasteiger partial charge in [0.25, 0.3) is 5.91 Å². The molecular weight excluding hydrogens is 338 g/mol. The molecule has 1 aliphatic rings. The van der Waals surface area contributed by atoms with Crippen LogP contribution >= 0.6 is 11.8 Å². The van der Waals surface area contributed by atoms with Gasteiger partial charge in [0.05, 0.1) is 6.26 Å². The number of nitrogens with zero attached hydrogens (tertiary/aromatic N) is 1. The Labute approximate surface area is 151 Å². The molecule has 3 rings (SSSR count). The minimum Gasteiger partial charge on any atom is -0.459 e. The van der Waals surface area contributed by atoms with Crippen molar-refractivity contribution in [3.8, 4) is 0 Å². The molecule has 3 amide bonds. The Morgan fingerprint density at radius 1 is 1.24 bits per heavy atom. The van der Waals surface area contributed by atoms with Crippen molar-refractivity contribution in [3.63, 3.8) is 0 Å². The Morgan fingerprint density at radius 2 is 2.04 bits per heavy atom. The molecule has 6 nitrogen and oxygen atoms in total. The number of rotatable bonds is 4. The first-order valence-electron chi connectivity index (χ1n) is 8.20. The van der Waals surface area contributed by atoms with Crippen LogP contribution in [-0.2, 0) is 0 Å². The molecule has 1 fully saturated rings. The fourth-order valence-corrected chi connectivity index (χ4v) is 3.27. The van der Waals surface area contributed by atoms with Crippen LogP contribution in [0.4, 0.5) is 10.5 Å². The molecule has 1 aliphatic heterocycles. The SMILES string of the molecule is CSc1ccc(NC(=O)NC2CCCN(C(=O)c3ccco3)C2)cc1. The number of hydrogen-bond donors (Lipinski definition) is 2. The van der Waals surface area contributed by atoms with Crippen LogP contribution in [0.3, 0.4) is 0 Å². The quantitative estimate of drug-likeness (QED) is 0.820. The van der Waals surface area contributed by atoms with E-state index >= 15 is 0 Å². The van der Waals surface area contributed by atoms with Gasteiger partial charge in [0.1, 0.15) is 0 Å². The third-order valence-electron chi connectivity index (χ3n) is 4.12. The Kier molecular flexibility index (Phi) is 5.65. The van der Waals surface area contributed by atoms with Gasteiger partial charge in [-0.1, -0.05) is 0 Å². The first-order chi connectivity index (χ1) is 12.2. The van der Waals surface area contributed by atoms with E-state index < -0.39 is 0 Å². The van der Waals surface area contributed by atoms with Crippen LogP contribution < -0.4 is 10.6 Å². The number of furan rings is 1. The number of carbonyl (C=O) groups excluding carboxylic acids is 2. The summed E-state index contributed by atoms with van der Waals surface area (Å²) in [5.74, 6) is 0.198. The zero-order chi connectivity index (χ0) is 17.6. The topological polar surface area (TPSA) is 74.6 Å². The fraction of sp³-hybridized carbons (Fsp3) is 0.333. The third-order valence-corrected chi connectivity index (χ3v) is 4.87. The minimum absolute atomic E-state index is 0.0712. The normalized spacial score (nSPS) is 17.2. The first-order valence-corrected chi connectivity index (χ1v) is 9.42. The summed E-state index contributed by atoms with van der Waals surface area (Å²) in [5.41, 5.74) is 0.745. The van der Waals surface area contributed by atoms with Crippen molar-refractivity contribution in [1.82, 2.24) is 10.2 Å². The second-order valence-electron chi connectivity index (χ2n) is 5.89. The molecule has 132 valence electrons. The second-order valence-corrected chi connectivity index (χ2v) is 6.77. The van der Waals surface area contributed by atoms with Crippen molar-refractivity contribution >= 4 is 29.4 Å². The van der Waals surface area contributed by atoms with E-state index in [1.165, 1.54) is 6.26 Å². The van der Waals surface area contributed by atoms with Crippen LogP contribution in [0.15, 0.2) is 52.0 Å². The smallest absolute Gasteiger partial charge is 0.319 e. The summed E-state index contributed by atoms with van der Waals surface area (Å²) in [7, 11) is 0. The van der Waals surface area contributed by atoms with E-state index in [2.05, 4.69) is 10.6 Å². The zero-order valence-corrected chi connectivity index (χ0v) is 14.8. The van der Waals surface area contributed by atoms with Gasteiger partial charge in [0, 0.05) is 29.7 Å². The van der Waals surface area contributed by atoms with Crippen molar-refractivity contribution in [1.29, 1.82) is 0 Å². The molecule has 0 aliphatic carbocycles. The van der Waals surface area contributed by atoms with Crippen LogP contribution in [0.5, 0.6) is 0 Å². The third kappa shape index (κ3) is 4.57. The number of amides is 3. The van der Waals surface area contributed by atoms with Gasteiger partial charge in [-0.25, -0.2) is 4.79 Å². The van der Waals surface area contributed by atoms with Crippen LogP contribution in [0, 0.1) is 0 Å². The van der Waals surface area contributed by atoms with Crippen molar-refractivity contribution in [2.24, 2.45) is 0 Å². The van der Waals surface area contributed by atoms with Crippen LogP contribution in [-0.4, -0.2) is 42.2 Å². The summed E-state index contributed by atoms with van der Waals surface area (Å²) in [5, 5.41) is 5.78. The second kappa shape index (κ2) is 8.11.